The van der Waals surface area contributed by atoms with E-state index in [1.165, 1.54) is 0 Å². The van der Waals surface area contributed by atoms with Gasteiger partial charge in [0, 0.05) is 24.2 Å². The second kappa shape index (κ2) is 8.04. The summed E-state index contributed by atoms with van der Waals surface area (Å²) in [5, 5.41) is 3.08. The van der Waals surface area contributed by atoms with E-state index >= 15 is 0 Å². The molecule has 0 radical (unpaired) electrons. The Hall–Kier alpha value is -2.82. The molecule has 1 aliphatic rings. The lowest BCUT2D eigenvalue weighted by atomic mass is 10.0. The molecule has 2 aromatic rings. The summed E-state index contributed by atoms with van der Waals surface area (Å²) in [4.78, 5) is 26.4. The quantitative estimate of drug-likeness (QED) is 0.862. The van der Waals surface area contributed by atoms with E-state index < -0.39 is 0 Å². The molecule has 26 heavy (non-hydrogen) atoms. The van der Waals surface area contributed by atoms with Gasteiger partial charge >= 0.3 is 0 Å². The van der Waals surface area contributed by atoms with E-state index in [1.807, 2.05) is 43.3 Å². The number of hydrogen-bond acceptors (Lipinski definition) is 3. The monoisotopic (exact) mass is 352 g/mol. The van der Waals surface area contributed by atoms with Gasteiger partial charge in [-0.15, -0.1) is 0 Å². The van der Waals surface area contributed by atoms with Gasteiger partial charge in [-0.05, 0) is 48.7 Å². The molecule has 0 bridgehead atoms. The second-order valence-corrected chi connectivity index (χ2v) is 6.41. The SMILES string of the molecule is CC[C@@H](NC(=O)c1cccc(N2CCCC2=O)c1)c1ccc(OC)cc1. The fraction of sp³-hybridized carbons (Fsp3) is 0.333. The molecular weight excluding hydrogens is 328 g/mol. The standard InChI is InChI=1S/C21H24N2O3/c1-3-19(15-9-11-18(26-2)12-10-15)22-21(25)16-6-4-7-17(14-16)23-13-5-8-20(23)24/h4,6-7,9-12,14,19H,3,5,8,13H2,1-2H3,(H,22,25)/t19-/m1/s1. The number of benzene rings is 2. The Morgan fingerprint density at radius 2 is 2.00 bits per heavy atom. The van der Waals surface area contributed by atoms with Crippen molar-refractivity contribution in [2.24, 2.45) is 0 Å². The highest BCUT2D eigenvalue weighted by molar-refractivity contribution is 5.99. The summed E-state index contributed by atoms with van der Waals surface area (Å²) in [6, 6.07) is 14.9. The van der Waals surface area contributed by atoms with Crippen LogP contribution < -0.4 is 15.0 Å². The first kappa shape index (κ1) is 18.0. The van der Waals surface area contributed by atoms with Crippen molar-refractivity contribution in [2.45, 2.75) is 32.2 Å². The van der Waals surface area contributed by atoms with Crippen molar-refractivity contribution in [1.82, 2.24) is 5.32 Å². The number of ether oxygens (including phenoxy) is 1. The average Bonchev–Trinajstić information content (AvgIpc) is 3.12. The number of rotatable bonds is 6. The topological polar surface area (TPSA) is 58.6 Å². The fourth-order valence-electron chi connectivity index (χ4n) is 3.24. The lowest BCUT2D eigenvalue weighted by Gasteiger charge is -2.19. The van der Waals surface area contributed by atoms with Gasteiger partial charge in [0.25, 0.3) is 5.91 Å². The largest absolute Gasteiger partial charge is 0.497 e. The van der Waals surface area contributed by atoms with Crippen LogP contribution in [0, 0.1) is 0 Å². The van der Waals surface area contributed by atoms with Crippen molar-refractivity contribution in [3.8, 4) is 5.75 Å². The van der Waals surface area contributed by atoms with E-state index in [0.29, 0.717) is 18.5 Å². The molecule has 0 aromatic heterocycles. The van der Waals surface area contributed by atoms with E-state index in [-0.39, 0.29) is 17.9 Å². The predicted molar refractivity (Wildman–Crippen MR) is 102 cm³/mol. The van der Waals surface area contributed by atoms with Crippen molar-refractivity contribution in [3.05, 3.63) is 59.7 Å². The number of anilines is 1. The van der Waals surface area contributed by atoms with Gasteiger partial charge in [-0.1, -0.05) is 25.1 Å². The molecule has 2 amide bonds. The van der Waals surface area contributed by atoms with Crippen LogP contribution in [-0.4, -0.2) is 25.5 Å². The Balaban J connectivity index is 1.74. The third-order valence-corrected chi connectivity index (χ3v) is 4.73. The summed E-state index contributed by atoms with van der Waals surface area (Å²) >= 11 is 0. The fourth-order valence-corrected chi connectivity index (χ4v) is 3.24. The number of carbonyl (C=O) groups excluding carboxylic acids is 2. The molecule has 5 nitrogen and oxygen atoms in total. The highest BCUT2D eigenvalue weighted by Crippen LogP contribution is 2.24. The molecule has 0 unspecified atom stereocenters. The minimum Gasteiger partial charge on any atom is -0.497 e. The summed E-state index contributed by atoms with van der Waals surface area (Å²) < 4.78 is 5.18. The van der Waals surface area contributed by atoms with Crippen molar-refractivity contribution in [2.75, 3.05) is 18.6 Å². The Bertz CT molecular complexity index is 786. The Kier molecular flexibility index (Phi) is 5.56. The van der Waals surface area contributed by atoms with E-state index in [2.05, 4.69) is 5.32 Å². The Morgan fingerprint density at radius 3 is 2.62 bits per heavy atom. The number of carbonyl (C=O) groups is 2. The number of nitrogens with zero attached hydrogens (tertiary/aromatic N) is 1. The molecular formula is C21H24N2O3. The van der Waals surface area contributed by atoms with Crippen molar-refractivity contribution in [3.63, 3.8) is 0 Å². The summed E-state index contributed by atoms with van der Waals surface area (Å²) in [7, 11) is 1.63. The molecule has 1 fully saturated rings. The Morgan fingerprint density at radius 1 is 1.23 bits per heavy atom. The van der Waals surface area contributed by atoms with Gasteiger partial charge in [0.15, 0.2) is 0 Å². The van der Waals surface area contributed by atoms with Crippen LogP contribution in [0.3, 0.4) is 0 Å². The highest BCUT2D eigenvalue weighted by Gasteiger charge is 2.22. The second-order valence-electron chi connectivity index (χ2n) is 6.41. The minimum atomic E-state index is -0.138. The number of amides is 2. The van der Waals surface area contributed by atoms with Gasteiger partial charge < -0.3 is 15.0 Å². The van der Waals surface area contributed by atoms with Crippen molar-refractivity contribution in [1.29, 1.82) is 0 Å². The molecule has 5 heteroatoms. The van der Waals surface area contributed by atoms with Gasteiger partial charge in [0.2, 0.25) is 5.91 Å². The molecule has 1 atom stereocenters. The zero-order valence-corrected chi connectivity index (χ0v) is 15.2. The number of nitrogens with one attached hydrogen (secondary N) is 1. The van der Waals surface area contributed by atoms with Crippen molar-refractivity contribution < 1.29 is 14.3 Å². The normalized spacial score (nSPS) is 15.0. The zero-order chi connectivity index (χ0) is 18.5. The molecule has 1 N–H and O–H groups in total. The van der Waals surface area contributed by atoms with Crippen LogP contribution in [0.2, 0.25) is 0 Å². The summed E-state index contributed by atoms with van der Waals surface area (Å²) in [6.07, 6.45) is 2.22. The molecule has 1 saturated heterocycles. The molecule has 3 rings (SSSR count). The van der Waals surface area contributed by atoms with Crippen LogP contribution in [0.1, 0.15) is 48.1 Å². The van der Waals surface area contributed by atoms with Gasteiger partial charge in [-0.2, -0.15) is 0 Å². The maximum atomic E-state index is 12.7. The number of hydrogen-bond donors (Lipinski definition) is 1. The van der Waals surface area contributed by atoms with E-state index in [4.69, 9.17) is 4.74 Å². The Labute approximate surface area is 154 Å². The first-order valence-corrected chi connectivity index (χ1v) is 8.97. The molecule has 0 spiro atoms. The van der Waals surface area contributed by atoms with E-state index in [9.17, 15) is 9.59 Å². The van der Waals surface area contributed by atoms with Gasteiger partial charge in [0.05, 0.1) is 13.2 Å². The maximum absolute atomic E-state index is 12.7. The first-order valence-electron chi connectivity index (χ1n) is 8.97. The van der Waals surface area contributed by atoms with E-state index in [0.717, 1.165) is 29.8 Å². The predicted octanol–water partition coefficient (Wildman–Crippen LogP) is 3.70. The molecule has 1 heterocycles. The van der Waals surface area contributed by atoms with Crippen LogP contribution in [0.4, 0.5) is 5.69 Å². The van der Waals surface area contributed by atoms with Crippen LogP contribution in [0.5, 0.6) is 5.75 Å². The lowest BCUT2D eigenvalue weighted by Crippen LogP contribution is -2.29. The van der Waals surface area contributed by atoms with Crippen LogP contribution in [0.15, 0.2) is 48.5 Å². The third-order valence-electron chi connectivity index (χ3n) is 4.73. The maximum Gasteiger partial charge on any atom is 0.251 e. The van der Waals surface area contributed by atoms with Gasteiger partial charge in [-0.25, -0.2) is 0 Å². The lowest BCUT2D eigenvalue weighted by molar-refractivity contribution is -0.117. The average molecular weight is 352 g/mol. The summed E-state index contributed by atoms with van der Waals surface area (Å²) in [5.41, 5.74) is 2.39. The van der Waals surface area contributed by atoms with E-state index in [1.54, 1.807) is 24.1 Å². The highest BCUT2D eigenvalue weighted by atomic mass is 16.5. The van der Waals surface area contributed by atoms with Crippen LogP contribution in [0.25, 0.3) is 0 Å². The van der Waals surface area contributed by atoms with Crippen molar-refractivity contribution >= 4 is 17.5 Å². The van der Waals surface area contributed by atoms with Gasteiger partial charge in [-0.3, -0.25) is 9.59 Å². The molecule has 0 saturated carbocycles. The summed E-state index contributed by atoms with van der Waals surface area (Å²) in [5.74, 6) is 0.770. The van der Waals surface area contributed by atoms with Gasteiger partial charge in [0.1, 0.15) is 5.75 Å². The molecule has 2 aromatic carbocycles. The number of methoxy groups -OCH3 is 1. The minimum absolute atomic E-state index is 0.0783. The van der Waals surface area contributed by atoms with Crippen LogP contribution in [-0.2, 0) is 4.79 Å². The molecule has 1 aliphatic heterocycles. The van der Waals surface area contributed by atoms with Crippen LogP contribution >= 0.6 is 0 Å². The molecule has 136 valence electrons. The third kappa shape index (κ3) is 3.87. The smallest absolute Gasteiger partial charge is 0.251 e. The molecule has 0 aliphatic carbocycles. The first-order chi connectivity index (χ1) is 12.6. The summed E-state index contributed by atoms with van der Waals surface area (Å²) in [6.45, 7) is 2.75. The zero-order valence-electron chi connectivity index (χ0n) is 15.2.